The number of fused-ring (bicyclic) bond motifs is 1. The number of rotatable bonds is 13. The number of phenols is 1. The van der Waals surface area contributed by atoms with Gasteiger partial charge < -0.3 is 14.6 Å². The maximum Gasteiger partial charge on any atom is 0.324 e. The van der Waals surface area contributed by atoms with Crippen LogP contribution in [0.4, 0.5) is 5.69 Å². The molecule has 1 aliphatic heterocycles. The Morgan fingerprint density at radius 2 is 1.87 bits per heavy atom. The van der Waals surface area contributed by atoms with Gasteiger partial charge in [0.15, 0.2) is 0 Å². The summed E-state index contributed by atoms with van der Waals surface area (Å²) in [6, 6.07) is 1.85. The summed E-state index contributed by atoms with van der Waals surface area (Å²) in [7, 11) is -0.412. The number of hydrogen-bond donors (Lipinski definition) is 1. The van der Waals surface area contributed by atoms with Gasteiger partial charge in [-0.25, -0.2) is 0 Å². The van der Waals surface area contributed by atoms with Crippen molar-refractivity contribution < 1.29 is 23.9 Å². The molecule has 1 heterocycles. The van der Waals surface area contributed by atoms with Crippen LogP contribution in [0, 0.1) is 0 Å². The number of amides is 1. The van der Waals surface area contributed by atoms with E-state index in [1.165, 1.54) is 0 Å². The largest absolute Gasteiger partial charge is 0.507 e. The van der Waals surface area contributed by atoms with Crippen molar-refractivity contribution in [3.8, 4) is 5.75 Å². The van der Waals surface area contributed by atoms with E-state index in [1.54, 1.807) is 17.1 Å². The molecule has 30 heavy (non-hydrogen) atoms. The molecule has 0 saturated heterocycles. The minimum Gasteiger partial charge on any atom is -0.507 e. The summed E-state index contributed by atoms with van der Waals surface area (Å²) in [6.07, 6.45) is 6.78. The van der Waals surface area contributed by atoms with Crippen molar-refractivity contribution >= 4 is 20.1 Å². The highest BCUT2D eigenvalue weighted by atomic mass is 31.1. The number of phenolic OH excluding ortho intramolecular Hbond substituents is 1. The summed E-state index contributed by atoms with van der Waals surface area (Å²) in [5, 5.41) is 10.8. The lowest BCUT2D eigenvalue weighted by molar-refractivity contribution is -0.236. The Balaban J connectivity index is 2.71. The van der Waals surface area contributed by atoms with E-state index >= 15 is 0 Å². The number of nitrogens with zero attached hydrogens (tertiary/aromatic N) is 1. The normalized spacial score (nSPS) is 14.1. The third kappa shape index (κ3) is 5.00. The van der Waals surface area contributed by atoms with Crippen molar-refractivity contribution in [3.05, 3.63) is 48.1 Å². The van der Waals surface area contributed by atoms with Gasteiger partial charge in [-0.1, -0.05) is 16.7 Å². The molecule has 0 spiro atoms. The first-order valence-corrected chi connectivity index (χ1v) is 11.6. The molecule has 1 aliphatic rings. The van der Waals surface area contributed by atoms with Gasteiger partial charge in [0.25, 0.3) is 5.91 Å². The van der Waals surface area contributed by atoms with Crippen molar-refractivity contribution in [2.45, 2.75) is 58.3 Å². The number of hydrogen-bond acceptors (Lipinski definition) is 5. The molecule has 1 unspecified atom stereocenters. The number of allylic oxidation sites excluding steroid dienone is 2. The number of ether oxygens (including phenoxy) is 2. The fraction of sp³-hybridized carbons (Fsp3) is 0.522. The van der Waals surface area contributed by atoms with Crippen LogP contribution in [0.25, 0.3) is 0 Å². The molecule has 0 radical (unpaired) electrons. The molecule has 0 fully saturated rings. The standard InChI is InChI=1S/C23H32NO5P/c1-5-10-17-16-20-18(19(11-6-2)22(17)26)12-13-21(25)24(20)23(28-7-3,29-8-4)14-9-15-30-27/h5-6,16,26H,1-2,7-15H2,3-4H3/p+1. The quantitative estimate of drug-likeness (QED) is 0.212. The van der Waals surface area contributed by atoms with E-state index in [-0.39, 0.29) is 11.7 Å². The van der Waals surface area contributed by atoms with Crippen LogP contribution >= 0.6 is 8.46 Å². The van der Waals surface area contributed by atoms with Crippen LogP contribution in [0.1, 0.15) is 49.8 Å². The van der Waals surface area contributed by atoms with Gasteiger partial charge in [-0.3, -0.25) is 9.69 Å². The lowest BCUT2D eigenvalue weighted by atomic mass is 9.89. The molecular formula is C23H33NO5P+. The van der Waals surface area contributed by atoms with Gasteiger partial charge in [-0.2, -0.15) is 0 Å². The molecule has 7 heteroatoms. The van der Waals surface area contributed by atoms with E-state index < -0.39 is 14.4 Å². The van der Waals surface area contributed by atoms with Crippen LogP contribution in [0.15, 0.2) is 31.4 Å². The second-order valence-electron chi connectivity index (χ2n) is 7.15. The number of anilines is 1. The zero-order chi connectivity index (χ0) is 22.1. The first-order valence-electron chi connectivity index (χ1n) is 10.5. The van der Waals surface area contributed by atoms with Gasteiger partial charge in [-0.15, -0.1) is 13.2 Å². The predicted octanol–water partition coefficient (Wildman–Crippen LogP) is 4.66. The van der Waals surface area contributed by atoms with Gasteiger partial charge in [0.05, 0.1) is 5.69 Å². The van der Waals surface area contributed by atoms with E-state index in [4.69, 9.17) is 9.47 Å². The molecule has 2 rings (SSSR count). The Kier molecular flexibility index (Phi) is 9.22. The molecule has 1 aromatic rings. The minimum atomic E-state index is -1.27. The van der Waals surface area contributed by atoms with Gasteiger partial charge in [0, 0.05) is 31.6 Å². The lowest BCUT2D eigenvalue weighted by Gasteiger charge is -2.45. The van der Waals surface area contributed by atoms with Crippen LogP contribution in [-0.4, -0.2) is 36.3 Å². The number of aromatic hydroxyl groups is 1. The Morgan fingerprint density at radius 1 is 1.20 bits per heavy atom. The molecule has 0 aromatic heterocycles. The van der Waals surface area contributed by atoms with Crippen molar-refractivity contribution in [1.82, 2.24) is 0 Å². The average Bonchev–Trinajstić information content (AvgIpc) is 2.71. The number of carbonyl (C=O) groups is 1. The lowest BCUT2D eigenvalue weighted by Crippen LogP contribution is -2.58. The molecule has 1 N–H and O–H groups in total. The topological polar surface area (TPSA) is 76.1 Å². The highest BCUT2D eigenvalue weighted by Crippen LogP contribution is 2.43. The van der Waals surface area contributed by atoms with Crippen LogP contribution in [0.2, 0.25) is 0 Å². The third-order valence-corrected chi connectivity index (χ3v) is 5.78. The third-order valence-electron chi connectivity index (χ3n) is 5.22. The first-order chi connectivity index (χ1) is 14.5. The van der Waals surface area contributed by atoms with Crippen LogP contribution in [0.3, 0.4) is 0 Å². The smallest absolute Gasteiger partial charge is 0.324 e. The van der Waals surface area contributed by atoms with Gasteiger partial charge >= 0.3 is 8.46 Å². The molecule has 164 valence electrons. The Bertz CT molecular complexity index is 786. The van der Waals surface area contributed by atoms with E-state index in [1.807, 2.05) is 19.9 Å². The Labute approximate surface area is 180 Å². The van der Waals surface area contributed by atoms with Crippen molar-refractivity contribution in [2.24, 2.45) is 0 Å². The van der Waals surface area contributed by atoms with Crippen molar-refractivity contribution in [3.63, 3.8) is 0 Å². The van der Waals surface area contributed by atoms with Crippen LogP contribution < -0.4 is 4.90 Å². The summed E-state index contributed by atoms with van der Waals surface area (Å²) in [4.78, 5) is 14.8. The van der Waals surface area contributed by atoms with Gasteiger partial charge in [0.2, 0.25) is 5.91 Å². The summed E-state index contributed by atoms with van der Waals surface area (Å²) >= 11 is 0. The van der Waals surface area contributed by atoms with Gasteiger partial charge in [-0.05, 0) is 56.7 Å². The molecule has 1 aromatic carbocycles. The summed E-state index contributed by atoms with van der Waals surface area (Å²) in [5.74, 6) is -1.13. The Morgan fingerprint density at radius 3 is 2.43 bits per heavy atom. The Hall–Kier alpha value is -2.01. The summed E-state index contributed by atoms with van der Waals surface area (Å²) in [6.45, 7) is 12.0. The zero-order valence-corrected chi connectivity index (χ0v) is 19.0. The second-order valence-corrected chi connectivity index (χ2v) is 7.94. The fourth-order valence-electron chi connectivity index (χ4n) is 4.08. The maximum atomic E-state index is 13.2. The van der Waals surface area contributed by atoms with Gasteiger partial charge in [0.1, 0.15) is 11.9 Å². The molecule has 0 aliphatic carbocycles. The summed E-state index contributed by atoms with van der Waals surface area (Å²) < 4.78 is 23.2. The predicted molar refractivity (Wildman–Crippen MR) is 121 cm³/mol. The zero-order valence-electron chi connectivity index (χ0n) is 18.0. The molecule has 6 nitrogen and oxygen atoms in total. The molecular weight excluding hydrogens is 401 g/mol. The molecule has 0 bridgehead atoms. The van der Waals surface area contributed by atoms with E-state index in [2.05, 4.69) is 13.2 Å². The van der Waals surface area contributed by atoms with Crippen molar-refractivity contribution in [2.75, 3.05) is 24.3 Å². The number of carbonyl (C=O) groups excluding carboxylic acids is 1. The molecule has 1 atom stereocenters. The van der Waals surface area contributed by atoms with Crippen LogP contribution in [0.5, 0.6) is 5.75 Å². The SMILES string of the molecule is C=CCc1cc2c(c(CC=C)c1O)CCC(=O)N2C(CCC[PH+]=O)(OCC)OCC. The maximum absolute atomic E-state index is 13.2. The van der Waals surface area contributed by atoms with E-state index in [0.29, 0.717) is 69.2 Å². The molecule has 0 saturated carbocycles. The monoisotopic (exact) mass is 434 g/mol. The highest BCUT2D eigenvalue weighted by Gasteiger charge is 2.45. The minimum absolute atomic E-state index is 0.0891. The first kappa shape index (κ1) is 24.3. The second kappa shape index (κ2) is 11.4. The van der Waals surface area contributed by atoms with Crippen LogP contribution in [-0.2, 0) is 38.1 Å². The highest BCUT2D eigenvalue weighted by molar-refractivity contribution is 7.23. The van der Waals surface area contributed by atoms with E-state index in [9.17, 15) is 14.5 Å². The van der Waals surface area contributed by atoms with E-state index in [0.717, 1.165) is 11.1 Å². The summed E-state index contributed by atoms with van der Waals surface area (Å²) in [5.41, 5.74) is 3.08. The molecule has 1 amide bonds. The van der Waals surface area contributed by atoms with Crippen molar-refractivity contribution in [1.29, 1.82) is 0 Å². The average molecular weight is 434 g/mol. The fourth-order valence-corrected chi connectivity index (χ4v) is 4.40. The number of benzene rings is 1.